The van der Waals surface area contributed by atoms with E-state index in [2.05, 4.69) is 4.72 Å². The van der Waals surface area contributed by atoms with Crippen molar-refractivity contribution in [1.29, 1.82) is 0 Å². The summed E-state index contributed by atoms with van der Waals surface area (Å²) < 4.78 is 26.9. The highest BCUT2D eigenvalue weighted by Gasteiger charge is 2.13. The summed E-state index contributed by atoms with van der Waals surface area (Å²) in [5.74, 6) is -0.675. The van der Waals surface area contributed by atoms with Crippen molar-refractivity contribution >= 4 is 39.3 Å². The van der Waals surface area contributed by atoms with E-state index in [0.29, 0.717) is 16.3 Å². The molecule has 120 valence electrons. The molecule has 0 heterocycles. The van der Waals surface area contributed by atoms with Crippen LogP contribution in [0.2, 0.25) is 5.02 Å². The SMILES string of the molecule is O=C(C=Cc1ccc(S(=O)(=O)Nc2ccc(Cl)cc2)cc1)NO. The van der Waals surface area contributed by atoms with Gasteiger partial charge in [-0.1, -0.05) is 23.7 Å². The van der Waals surface area contributed by atoms with Gasteiger partial charge in [0.05, 0.1) is 4.90 Å². The zero-order valence-corrected chi connectivity index (χ0v) is 13.3. The van der Waals surface area contributed by atoms with E-state index in [1.165, 1.54) is 35.8 Å². The van der Waals surface area contributed by atoms with Crippen LogP contribution in [0.1, 0.15) is 5.56 Å². The van der Waals surface area contributed by atoms with Crippen molar-refractivity contribution in [2.45, 2.75) is 4.90 Å². The largest absolute Gasteiger partial charge is 0.288 e. The van der Waals surface area contributed by atoms with Gasteiger partial charge in [-0.2, -0.15) is 0 Å². The van der Waals surface area contributed by atoms with E-state index in [1.807, 2.05) is 0 Å². The molecule has 2 aromatic carbocycles. The molecule has 0 aliphatic rings. The summed E-state index contributed by atoms with van der Waals surface area (Å²) in [6, 6.07) is 12.2. The van der Waals surface area contributed by atoms with Gasteiger partial charge < -0.3 is 0 Å². The Morgan fingerprint density at radius 2 is 1.65 bits per heavy atom. The molecule has 8 heteroatoms. The first-order chi connectivity index (χ1) is 10.9. The van der Waals surface area contributed by atoms with Crippen molar-refractivity contribution in [2.75, 3.05) is 4.72 Å². The van der Waals surface area contributed by atoms with Gasteiger partial charge in [0.15, 0.2) is 0 Å². The molecule has 3 N–H and O–H groups in total. The molecule has 0 atom stereocenters. The molecule has 0 unspecified atom stereocenters. The number of rotatable bonds is 5. The topological polar surface area (TPSA) is 95.5 Å². The average Bonchev–Trinajstić information content (AvgIpc) is 2.55. The van der Waals surface area contributed by atoms with Gasteiger partial charge in [0.25, 0.3) is 15.9 Å². The van der Waals surface area contributed by atoms with Crippen LogP contribution in [-0.4, -0.2) is 19.5 Å². The average molecular weight is 353 g/mol. The standard InChI is InChI=1S/C15H13ClN2O4S/c16-12-4-6-13(7-5-12)18-23(21,22)14-8-1-11(2-9-14)3-10-15(19)17-20/h1-10,18,20H,(H,17,19). The molecule has 6 nitrogen and oxygen atoms in total. The molecule has 2 aromatic rings. The second kappa shape index (κ2) is 7.28. The van der Waals surface area contributed by atoms with Crippen molar-refractivity contribution in [3.05, 3.63) is 65.2 Å². The summed E-state index contributed by atoms with van der Waals surface area (Å²) in [7, 11) is -3.72. The fraction of sp³-hybridized carbons (Fsp3) is 0. The normalized spacial score (nSPS) is 11.4. The van der Waals surface area contributed by atoms with E-state index in [-0.39, 0.29) is 4.90 Å². The third kappa shape index (κ3) is 4.82. The number of nitrogens with one attached hydrogen (secondary N) is 2. The van der Waals surface area contributed by atoms with E-state index in [0.717, 1.165) is 6.08 Å². The van der Waals surface area contributed by atoms with Crippen molar-refractivity contribution in [1.82, 2.24) is 5.48 Å². The first kappa shape index (κ1) is 17.0. The Morgan fingerprint density at radius 1 is 1.04 bits per heavy atom. The number of sulfonamides is 1. The van der Waals surface area contributed by atoms with E-state index in [9.17, 15) is 13.2 Å². The van der Waals surface area contributed by atoms with Gasteiger partial charge in [-0.15, -0.1) is 0 Å². The molecule has 0 aliphatic carbocycles. The highest BCUT2D eigenvalue weighted by atomic mass is 35.5. The van der Waals surface area contributed by atoms with Crippen LogP contribution in [-0.2, 0) is 14.8 Å². The van der Waals surface area contributed by atoms with Gasteiger partial charge in [-0.25, -0.2) is 13.9 Å². The fourth-order valence-electron chi connectivity index (χ4n) is 1.70. The Balaban J connectivity index is 2.15. The molecule has 2 rings (SSSR count). The second-order valence-electron chi connectivity index (χ2n) is 4.49. The van der Waals surface area contributed by atoms with Gasteiger partial charge in [0.2, 0.25) is 0 Å². The molecule has 0 aliphatic heterocycles. The maximum absolute atomic E-state index is 12.3. The lowest BCUT2D eigenvalue weighted by Crippen LogP contribution is -2.14. The Kier molecular flexibility index (Phi) is 5.38. The lowest BCUT2D eigenvalue weighted by atomic mass is 10.2. The van der Waals surface area contributed by atoms with Crippen LogP contribution < -0.4 is 10.2 Å². The summed E-state index contributed by atoms with van der Waals surface area (Å²) in [6.45, 7) is 0. The number of anilines is 1. The zero-order valence-electron chi connectivity index (χ0n) is 11.7. The maximum atomic E-state index is 12.3. The molecular formula is C15H13ClN2O4S. The van der Waals surface area contributed by atoms with Gasteiger partial charge >= 0.3 is 0 Å². The predicted molar refractivity (Wildman–Crippen MR) is 87.7 cm³/mol. The number of halogens is 1. The highest BCUT2D eigenvalue weighted by Crippen LogP contribution is 2.19. The molecule has 0 saturated heterocycles. The molecule has 0 fully saturated rings. The second-order valence-corrected chi connectivity index (χ2v) is 6.61. The van der Waals surface area contributed by atoms with Crippen LogP contribution in [0.5, 0.6) is 0 Å². The first-order valence-electron chi connectivity index (χ1n) is 6.41. The summed E-state index contributed by atoms with van der Waals surface area (Å²) in [4.78, 5) is 11.0. The summed E-state index contributed by atoms with van der Waals surface area (Å²) in [5, 5.41) is 8.88. The molecule has 0 aromatic heterocycles. The van der Waals surface area contributed by atoms with Crippen molar-refractivity contribution in [3.63, 3.8) is 0 Å². The summed E-state index contributed by atoms with van der Waals surface area (Å²) in [5.41, 5.74) is 2.47. The van der Waals surface area contributed by atoms with Gasteiger partial charge in [0.1, 0.15) is 0 Å². The predicted octanol–water partition coefficient (Wildman–Crippen LogP) is 2.66. The lowest BCUT2D eigenvalue weighted by Gasteiger charge is -2.08. The fourth-order valence-corrected chi connectivity index (χ4v) is 2.88. The minimum Gasteiger partial charge on any atom is -0.288 e. The van der Waals surface area contributed by atoms with E-state index in [4.69, 9.17) is 16.8 Å². The van der Waals surface area contributed by atoms with Crippen molar-refractivity contribution < 1.29 is 18.4 Å². The molecule has 0 radical (unpaired) electrons. The number of hydrogen-bond donors (Lipinski definition) is 3. The molecule has 0 bridgehead atoms. The third-order valence-electron chi connectivity index (χ3n) is 2.82. The van der Waals surface area contributed by atoms with Crippen molar-refractivity contribution in [3.8, 4) is 0 Å². The Morgan fingerprint density at radius 3 is 2.22 bits per heavy atom. The Labute approximate surface area is 138 Å². The van der Waals surface area contributed by atoms with E-state index in [1.54, 1.807) is 24.3 Å². The minimum atomic E-state index is -3.72. The minimum absolute atomic E-state index is 0.0798. The van der Waals surface area contributed by atoms with Crippen LogP contribution in [0.4, 0.5) is 5.69 Å². The number of amides is 1. The number of hydroxylamine groups is 1. The summed E-state index contributed by atoms with van der Waals surface area (Å²) >= 11 is 5.75. The molecular weight excluding hydrogens is 340 g/mol. The zero-order chi connectivity index (χ0) is 16.9. The number of hydrogen-bond acceptors (Lipinski definition) is 4. The van der Waals surface area contributed by atoms with E-state index >= 15 is 0 Å². The quantitative estimate of drug-likeness (QED) is 0.438. The Bertz CT molecular complexity index is 816. The van der Waals surface area contributed by atoms with Crippen LogP contribution in [0, 0.1) is 0 Å². The first-order valence-corrected chi connectivity index (χ1v) is 8.27. The summed E-state index contributed by atoms with van der Waals surface area (Å²) in [6.07, 6.45) is 2.56. The van der Waals surface area contributed by atoms with Crippen LogP contribution in [0.25, 0.3) is 6.08 Å². The smallest absolute Gasteiger partial charge is 0.267 e. The Hall–Kier alpha value is -2.35. The van der Waals surface area contributed by atoms with Crippen LogP contribution in [0.15, 0.2) is 59.5 Å². The van der Waals surface area contributed by atoms with Gasteiger partial charge in [0, 0.05) is 16.8 Å². The molecule has 0 saturated carbocycles. The van der Waals surface area contributed by atoms with Gasteiger partial charge in [-0.3, -0.25) is 14.7 Å². The van der Waals surface area contributed by atoms with Crippen molar-refractivity contribution in [2.24, 2.45) is 0 Å². The van der Waals surface area contributed by atoms with Crippen LogP contribution >= 0.6 is 11.6 Å². The van der Waals surface area contributed by atoms with E-state index < -0.39 is 15.9 Å². The molecule has 0 spiro atoms. The lowest BCUT2D eigenvalue weighted by molar-refractivity contribution is -0.124. The highest BCUT2D eigenvalue weighted by molar-refractivity contribution is 7.92. The number of benzene rings is 2. The molecule has 23 heavy (non-hydrogen) atoms. The van der Waals surface area contributed by atoms with Gasteiger partial charge in [-0.05, 0) is 48.0 Å². The molecule has 1 amide bonds. The van der Waals surface area contributed by atoms with Crippen LogP contribution in [0.3, 0.4) is 0 Å². The monoisotopic (exact) mass is 352 g/mol. The number of carbonyl (C=O) groups is 1. The maximum Gasteiger partial charge on any atom is 0.267 e. The third-order valence-corrected chi connectivity index (χ3v) is 4.47. The number of carbonyl (C=O) groups excluding carboxylic acids is 1.